The molecule has 0 aromatic heterocycles. The molecule has 4 heteroatoms. The Kier molecular flexibility index (Phi) is 2.55. The van der Waals surface area contributed by atoms with Gasteiger partial charge in [-0.05, 0) is 6.07 Å². The molecule has 0 fully saturated rings. The molecular formula is C8H7ClNO2. The molecule has 0 spiro atoms. The minimum absolute atomic E-state index is 0.0471. The summed E-state index contributed by atoms with van der Waals surface area (Å²) < 4.78 is 0. The number of amides is 1. The highest BCUT2D eigenvalue weighted by Gasteiger charge is 2.02. The van der Waals surface area contributed by atoms with Crippen molar-refractivity contribution in [3.05, 3.63) is 23.2 Å². The van der Waals surface area contributed by atoms with Gasteiger partial charge in [0.25, 0.3) is 0 Å². The number of hydrogen-bond donors (Lipinski definition) is 2. The van der Waals surface area contributed by atoms with E-state index >= 15 is 0 Å². The Morgan fingerprint density at radius 2 is 2.42 bits per heavy atom. The third kappa shape index (κ3) is 2.13. The fourth-order valence-corrected chi connectivity index (χ4v) is 0.945. The van der Waals surface area contributed by atoms with E-state index in [-0.39, 0.29) is 11.7 Å². The highest BCUT2D eigenvalue weighted by molar-refractivity contribution is 6.33. The maximum absolute atomic E-state index is 10.6. The number of nitrogens with one attached hydrogen (secondary N) is 1. The van der Waals surface area contributed by atoms with E-state index in [4.69, 9.17) is 16.7 Å². The lowest BCUT2D eigenvalue weighted by Crippen LogP contribution is -2.05. The van der Waals surface area contributed by atoms with Gasteiger partial charge in [0, 0.05) is 19.1 Å². The molecule has 1 aromatic carbocycles. The Bertz CT molecular complexity index is 312. The second-order valence-corrected chi connectivity index (χ2v) is 2.67. The van der Waals surface area contributed by atoms with E-state index in [0.29, 0.717) is 10.7 Å². The van der Waals surface area contributed by atoms with Crippen molar-refractivity contribution in [2.45, 2.75) is 6.92 Å². The third-order valence-corrected chi connectivity index (χ3v) is 1.51. The van der Waals surface area contributed by atoms with Gasteiger partial charge in [0.2, 0.25) is 5.91 Å². The molecule has 0 heterocycles. The molecule has 12 heavy (non-hydrogen) atoms. The Balaban J connectivity index is 2.93. The fraction of sp³-hybridized carbons (Fsp3) is 0.125. The SMILES string of the molecule is CC(=O)Nc1c[c]c(O)cc1Cl. The molecule has 0 saturated carbocycles. The van der Waals surface area contributed by atoms with Crippen LogP contribution in [-0.4, -0.2) is 11.0 Å². The summed E-state index contributed by atoms with van der Waals surface area (Å²) in [5.74, 6) is -0.259. The number of benzene rings is 1. The zero-order chi connectivity index (χ0) is 9.14. The van der Waals surface area contributed by atoms with E-state index in [0.717, 1.165) is 0 Å². The summed E-state index contributed by atoms with van der Waals surface area (Å²) in [6.07, 6.45) is 0. The largest absolute Gasteiger partial charge is 0.507 e. The summed E-state index contributed by atoms with van der Waals surface area (Å²) in [4.78, 5) is 10.6. The average molecular weight is 185 g/mol. The topological polar surface area (TPSA) is 49.3 Å². The van der Waals surface area contributed by atoms with E-state index < -0.39 is 0 Å². The first kappa shape index (κ1) is 8.87. The number of anilines is 1. The van der Waals surface area contributed by atoms with Crippen molar-refractivity contribution in [1.82, 2.24) is 0 Å². The Morgan fingerprint density at radius 3 is 2.92 bits per heavy atom. The van der Waals surface area contributed by atoms with Crippen molar-refractivity contribution in [2.24, 2.45) is 0 Å². The number of phenols is 1. The van der Waals surface area contributed by atoms with Crippen LogP contribution in [0.2, 0.25) is 5.02 Å². The lowest BCUT2D eigenvalue weighted by molar-refractivity contribution is -0.114. The first-order valence-electron chi connectivity index (χ1n) is 3.27. The summed E-state index contributed by atoms with van der Waals surface area (Å²) in [5.41, 5.74) is 0.446. The van der Waals surface area contributed by atoms with E-state index in [1.54, 1.807) is 0 Å². The molecule has 1 aromatic rings. The molecule has 63 valence electrons. The van der Waals surface area contributed by atoms with Gasteiger partial charge < -0.3 is 10.4 Å². The van der Waals surface area contributed by atoms with Crippen LogP contribution in [0.25, 0.3) is 0 Å². The van der Waals surface area contributed by atoms with Crippen LogP contribution in [-0.2, 0) is 4.79 Å². The van der Waals surface area contributed by atoms with Gasteiger partial charge in [0.15, 0.2) is 0 Å². The Morgan fingerprint density at radius 1 is 1.75 bits per heavy atom. The zero-order valence-electron chi connectivity index (χ0n) is 6.39. The minimum Gasteiger partial charge on any atom is -0.507 e. The molecule has 1 amide bonds. The summed E-state index contributed by atoms with van der Waals surface area (Å²) in [7, 11) is 0. The first-order chi connectivity index (χ1) is 5.59. The molecule has 2 N–H and O–H groups in total. The number of aromatic hydroxyl groups is 1. The predicted molar refractivity (Wildman–Crippen MR) is 46.3 cm³/mol. The van der Waals surface area contributed by atoms with Crippen LogP contribution in [0, 0.1) is 6.07 Å². The number of rotatable bonds is 1. The highest BCUT2D eigenvalue weighted by atomic mass is 35.5. The van der Waals surface area contributed by atoms with Crippen molar-refractivity contribution < 1.29 is 9.90 Å². The number of halogens is 1. The van der Waals surface area contributed by atoms with E-state index in [9.17, 15) is 4.79 Å². The fourth-order valence-electron chi connectivity index (χ4n) is 0.740. The van der Waals surface area contributed by atoms with Crippen LogP contribution in [0.5, 0.6) is 5.75 Å². The first-order valence-corrected chi connectivity index (χ1v) is 3.65. The summed E-state index contributed by atoms with van der Waals surface area (Å²) in [5, 5.41) is 11.7. The standard InChI is InChI=1S/C8H7ClNO2/c1-5(11)10-8-3-2-6(12)4-7(8)9/h3-4,12H,1H3,(H,10,11). The summed E-state index contributed by atoms with van der Waals surface area (Å²) in [6.45, 7) is 1.38. The average Bonchev–Trinajstić information content (AvgIpc) is 1.94. The molecule has 0 aliphatic carbocycles. The number of carbonyl (C=O) groups is 1. The van der Waals surface area contributed by atoms with E-state index in [1.807, 2.05) is 0 Å². The maximum Gasteiger partial charge on any atom is 0.221 e. The van der Waals surface area contributed by atoms with Crippen LogP contribution in [0.1, 0.15) is 6.92 Å². The van der Waals surface area contributed by atoms with Crippen molar-refractivity contribution in [2.75, 3.05) is 5.32 Å². The Labute approximate surface area is 75.0 Å². The van der Waals surface area contributed by atoms with Crippen LogP contribution in [0.15, 0.2) is 12.1 Å². The summed E-state index contributed by atoms with van der Waals surface area (Å²) in [6, 6.07) is 5.23. The van der Waals surface area contributed by atoms with Gasteiger partial charge in [-0.2, -0.15) is 0 Å². The Hall–Kier alpha value is -1.22. The molecule has 1 radical (unpaired) electrons. The molecule has 0 aliphatic heterocycles. The van der Waals surface area contributed by atoms with Crippen LogP contribution < -0.4 is 5.32 Å². The summed E-state index contributed by atoms with van der Waals surface area (Å²) >= 11 is 5.68. The normalized spacial score (nSPS) is 9.50. The molecule has 3 nitrogen and oxygen atoms in total. The quantitative estimate of drug-likeness (QED) is 0.654. The molecular weight excluding hydrogens is 178 g/mol. The van der Waals surface area contributed by atoms with Crippen molar-refractivity contribution >= 4 is 23.2 Å². The molecule has 1 rings (SSSR count). The minimum atomic E-state index is -0.212. The van der Waals surface area contributed by atoms with Crippen LogP contribution in [0.3, 0.4) is 0 Å². The van der Waals surface area contributed by atoms with Crippen LogP contribution in [0.4, 0.5) is 5.69 Å². The van der Waals surface area contributed by atoms with Gasteiger partial charge in [0.05, 0.1) is 10.7 Å². The number of carbonyl (C=O) groups excluding carboxylic acids is 1. The highest BCUT2D eigenvalue weighted by Crippen LogP contribution is 2.25. The van der Waals surface area contributed by atoms with Crippen molar-refractivity contribution in [3.8, 4) is 5.75 Å². The van der Waals surface area contributed by atoms with Gasteiger partial charge in [0.1, 0.15) is 5.75 Å². The molecule has 0 unspecified atom stereocenters. The molecule has 0 atom stereocenters. The zero-order valence-corrected chi connectivity index (χ0v) is 7.14. The lowest BCUT2D eigenvalue weighted by Gasteiger charge is -2.03. The molecule has 0 aliphatic rings. The van der Waals surface area contributed by atoms with Gasteiger partial charge >= 0.3 is 0 Å². The molecule has 0 bridgehead atoms. The number of phenolic OH excluding ortho intramolecular Hbond substituents is 1. The third-order valence-electron chi connectivity index (χ3n) is 1.20. The predicted octanol–water partition coefficient (Wildman–Crippen LogP) is 1.80. The van der Waals surface area contributed by atoms with Crippen molar-refractivity contribution in [3.63, 3.8) is 0 Å². The van der Waals surface area contributed by atoms with Gasteiger partial charge in [-0.3, -0.25) is 4.79 Å². The monoisotopic (exact) mass is 184 g/mol. The molecule has 0 saturated heterocycles. The maximum atomic E-state index is 10.6. The van der Waals surface area contributed by atoms with Crippen LogP contribution >= 0.6 is 11.6 Å². The van der Waals surface area contributed by atoms with Gasteiger partial charge in [-0.1, -0.05) is 11.6 Å². The van der Waals surface area contributed by atoms with E-state index in [2.05, 4.69) is 11.4 Å². The number of hydrogen-bond acceptors (Lipinski definition) is 2. The lowest BCUT2D eigenvalue weighted by atomic mass is 10.3. The van der Waals surface area contributed by atoms with Crippen molar-refractivity contribution in [1.29, 1.82) is 0 Å². The second kappa shape index (κ2) is 3.45. The van der Waals surface area contributed by atoms with E-state index in [1.165, 1.54) is 19.1 Å². The van der Waals surface area contributed by atoms with Gasteiger partial charge in [-0.25, -0.2) is 0 Å². The smallest absolute Gasteiger partial charge is 0.221 e. The second-order valence-electron chi connectivity index (χ2n) is 2.26. The van der Waals surface area contributed by atoms with Gasteiger partial charge in [-0.15, -0.1) is 0 Å².